The smallest absolute Gasteiger partial charge is 0.254 e. The summed E-state index contributed by atoms with van der Waals surface area (Å²) in [5.74, 6) is 0.426. The van der Waals surface area contributed by atoms with Crippen molar-refractivity contribution >= 4 is 23.4 Å². The summed E-state index contributed by atoms with van der Waals surface area (Å²) in [7, 11) is 1.78. The van der Waals surface area contributed by atoms with Gasteiger partial charge in [0.25, 0.3) is 5.56 Å². The highest BCUT2D eigenvalue weighted by Crippen LogP contribution is 2.29. The van der Waals surface area contributed by atoms with Crippen LogP contribution in [0.3, 0.4) is 0 Å². The van der Waals surface area contributed by atoms with Gasteiger partial charge in [-0.15, -0.1) is 0 Å². The molecule has 25 heavy (non-hydrogen) atoms. The van der Waals surface area contributed by atoms with Crippen molar-refractivity contribution < 1.29 is 4.79 Å². The lowest BCUT2D eigenvalue weighted by atomic mass is 9.92. The zero-order valence-corrected chi connectivity index (χ0v) is 15.8. The zero-order chi connectivity index (χ0) is 18.2. The molecule has 2 aromatic rings. The molecule has 0 N–H and O–H groups in total. The van der Waals surface area contributed by atoms with Crippen LogP contribution in [0.1, 0.15) is 26.5 Å². The maximum atomic E-state index is 12.8. The fourth-order valence-corrected chi connectivity index (χ4v) is 3.88. The summed E-state index contributed by atoms with van der Waals surface area (Å²) in [4.78, 5) is 31.7. The van der Waals surface area contributed by atoms with Crippen LogP contribution in [0.15, 0.2) is 46.3 Å². The second kappa shape index (κ2) is 6.67. The Balaban J connectivity index is 1.84. The average Bonchev–Trinajstić information content (AvgIpc) is 2.60. The summed E-state index contributed by atoms with van der Waals surface area (Å²) in [6.45, 7) is 6.51. The Morgan fingerprint density at radius 3 is 2.60 bits per heavy atom. The molecule has 132 valence electrons. The Kier molecular flexibility index (Phi) is 4.73. The fraction of sp³-hybridized carbons (Fsp3) is 0.421. The molecule has 0 saturated heterocycles. The maximum absolute atomic E-state index is 12.8. The summed E-state index contributed by atoms with van der Waals surface area (Å²) in [6.07, 6.45) is 0. The van der Waals surface area contributed by atoms with Crippen LogP contribution in [0.25, 0.3) is 0 Å². The molecule has 6 heteroatoms. The number of hydrogen-bond acceptors (Lipinski definition) is 4. The first-order valence-electron chi connectivity index (χ1n) is 8.35. The van der Waals surface area contributed by atoms with E-state index in [1.165, 1.54) is 11.8 Å². The number of rotatable bonds is 2. The summed E-state index contributed by atoms with van der Waals surface area (Å²) >= 11 is 1.49. The van der Waals surface area contributed by atoms with Gasteiger partial charge < -0.3 is 4.90 Å². The van der Waals surface area contributed by atoms with Crippen molar-refractivity contribution in [1.29, 1.82) is 0 Å². The van der Waals surface area contributed by atoms with Crippen LogP contribution in [0, 0.1) is 5.92 Å². The van der Waals surface area contributed by atoms with E-state index in [2.05, 4.69) is 4.98 Å². The van der Waals surface area contributed by atoms with Crippen molar-refractivity contribution in [2.24, 2.45) is 5.92 Å². The second-order valence-electron chi connectivity index (χ2n) is 7.36. The highest BCUT2D eigenvalue weighted by molar-refractivity contribution is 7.99. The predicted octanol–water partition coefficient (Wildman–Crippen LogP) is 2.93. The number of fused-ring (bicyclic) bond motifs is 1. The van der Waals surface area contributed by atoms with Crippen LogP contribution >= 0.6 is 11.8 Å². The van der Waals surface area contributed by atoms with E-state index in [4.69, 9.17) is 0 Å². The van der Waals surface area contributed by atoms with Crippen molar-refractivity contribution in [2.75, 3.05) is 17.7 Å². The third kappa shape index (κ3) is 3.63. The second-order valence-corrected chi connectivity index (χ2v) is 8.35. The SMILES string of the molecule is CN(C(=O)C1CSc2nc(C(C)(C)C)cc(=O)n2C1)c1ccccc1. The van der Waals surface area contributed by atoms with E-state index in [-0.39, 0.29) is 22.8 Å². The average molecular weight is 357 g/mol. The summed E-state index contributed by atoms with van der Waals surface area (Å²) in [5, 5.41) is 0.712. The Hall–Kier alpha value is -2.08. The number of para-hydroxylation sites is 1. The van der Waals surface area contributed by atoms with Crippen molar-refractivity contribution in [3.05, 3.63) is 52.4 Å². The minimum absolute atomic E-state index is 0.0242. The molecule has 5 nitrogen and oxygen atoms in total. The third-order valence-electron chi connectivity index (χ3n) is 4.38. The molecule has 2 heterocycles. The van der Waals surface area contributed by atoms with Gasteiger partial charge in [0.05, 0.1) is 11.6 Å². The number of carbonyl (C=O) groups is 1. The number of thioether (sulfide) groups is 1. The van der Waals surface area contributed by atoms with E-state index in [9.17, 15) is 9.59 Å². The van der Waals surface area contributed by atoms with Crippen LogP contribution in [0.4, 0.5) is 5.69 Å². The van der Waals surface area contributed by atoms with Gasteiger partial charge in [-0.2, -0.15) is 0 Å². The number of nitrogens with zero attached hydrogens (tertiary/aromatic N) is 3. The van der Waals surface area contributed by atoms with Gasteiger partial charge >= 0.3 is 0 Å². The summed E-state index contributed by atoms with van der Waals surface area (Å²) in [5.41, 5.74) is 1.40. The highest BCUT2D eigenvalue weighted by Gasteiger charge is 2.30. The van der Waals surface area contributed by atoms with Gasteiger partial charge in [-0.25, -0.2) is 4.98 Å². The van der Waals surface area contributed by atoms with Gasteiger partial charge in [0, 0.05) is 36.5 Å². The molecule has 1 aromatic carbocycles. The van der Waals surface area contributed by atoms with Crippen LogP contribution in [0.2, 0.25) is 0 Å². The Bertz CT molecular complexity index is 840. The lowest BCUT2D eigenvalue weighted by molar-refractivity contribution is -0.122. The van der Waals surface area contributed by atoms with E-state index < -0.39 is 0 Å². The standard InChI is InChI=1S/C19H23N3O2S/c1-19(2,3)15-10-16(23)22-11-13(12-25-18(22)20-15)17(24)21(4)14-8-6-5-7-9-14/h5-10,13H,11-12H2,1-4H3. The van der Waals surface area contributed by atoms with E-state index in [1.54, 1.807) is 22.6 Å². The lowest BCUT2D eigenvalue weighted by Gasteiger charge is -2.29. The molecular weight excluding hydrogens is 334 g/mol. The number of anilines is 1. The molecule has 1 aliphatic heterocycles. The van der Waals surface area contributed by atoms with Gasteiger partial charge in [0.1, 0.15) is 0 Å². The van der Waals surface area contributed by atoms with E-state index >= 15 is 0 Å². The van der Waals surface area contributed by atoms with E-state index in [1.807, 2.05) is 51.1 Å². The van der Waals surface area contributed by atoms with E-state index in [0.29, 0.717) is 17.5 Å². The Morgan fingerprint density at radius 1 is 1.28 bits per heavy atom. The van der Waals surface area contributed by atoms with Crippen LogP contribution < -0.4 is 10.5 Å². The number of carbonyl (C=O) groups excluding carboxylic acids is 1. The highest BCUT2D eigenvalue weighted by atomic mass is 32.2. The molecule has 0 bridgehead atoms. The molecule has 0 fully saturated rings. The minimum Gasteiger partial charge on any atom is -0.315 e. The van der Waals surface area contributed by atoms with E-state index in [0.717, 1.165) is 11.4 Å². The minimum atomic E-state index is -0.234. The van der Waals surface area contributed by atoms with Crippen LogP contribution in [0.5, 0.6) is 0 Å². The number of hydrogen-bond donors (Lipinski definition) is 0. The van der Waals surface area contributed by atoms with Crippen molar-refractivity contribution in [2.45, 2.75) is 37.9 Å². The van der Waals surface area contributed by atoms with Gasteiger partial charge in [-0.05, 0) is 12.1 Å². The molecule has 1 amide bonds. The summed E-state index contributed by atoms with van der Waals surface area (Å²) < 4.78 is 1.63. The third-order valence-corrected chi connectivity index (χ3v) is 5.52. The molecule has 1 aliphatic rings. The fourth-order valence-electron chi connectivity index (χ4n) is 2.80. The van der Waals surface area contributed by atoms with Gasteiger partial charge in [0.2, 0.25) is 5.91 Å². The first kappa shape index (κ1) is 17.7. The zero-order valence-electron chi connectivity index (χ0n) is 15.0. The molecule has 1 aromatic heterocycles. The predicted molar refractivity (Wildman–Crippen MR) is 101 cm³/mol. The van der Waals surface area contributed by atoms with Crippen molar-refractivity contribution in [3.8, 4) is 0 Å². The first-order chi connectivity index (χ1) is 11.8. The molecule has 0 aliphatic carbocycles. The first-order valence-corrected chi connectivity index (χ1v) is 9.33. The molecule has 0 radical (unpaired) electrons. The van der Waals surface area contributed by atoms with Crippen LogP contribution in [-0.2, 0) is 16.8 Å². The van der Waals surface area contributed by atoms with Gasteiger partial charge in [-0.1, -0.05) is 50.7 Å². The van der Waals surface area contributed by atoms with Gasteiger partial charge in [-0.3, -0.25) is 14.2 Å². The largest absolute Gasteiger partial charge is 0.315 e. The quantitative estimate of drug-likeness (QED) is 0.776. The number of aromatic nitrogens is 2. The lowest BCUT2D eigenvalue weighted by Crippen LogP contribution is -2.41. The van der Waals surface area contributed by atoms with Gasteiger partial charge in [0.15, 0.2) is 5.16 Å². The maximum Gasteiger partial charge on any atom is 0.254 e. The molecular formula is C19H23N3O2S. The van der Waals surface area contributed by atoms with Crippen LogP contribution in [-0.4, -0.2) is 28.3 Å². The molecule has 1 atom stereocenters. The Morgan fingerprint density at radius 2 is 1.96 bits per heavy atom. The molecule has 3 rings (SSSR count). The van der Waals surface area contributed by atoms with Crippen molar-refractivity contribution in [3.63, 3.8) is 0 Å². The number of amides is 1. The monoisotopic (exact) mass is 357 g/mol. The van der Waals surface area contributed by atoms with Crippen molar-refractivity contribution in [1.82, 2.24) is 9.55 Å². The molecule has 0 saturated carbocycles. The summed E-state index contributed by atoms with van der Waals surface area (Å²) in [6, 6.07) is 11.2. The number of benzene rings is 1. The molecule has 0 spiro atoms. The Labute approximate surface area is 152 Å². The normalized spacial score (nSPS) is 17.0. The topological polar surface area (TPSA) is 55.2 Å². The molecule has 1 unspecified atom stereocenters.